The van der Waals surface area contributed by atoms with E-state index in [0.29, 0.717) is 11.4 Å². The molecule has 2 rings (SSSR count). The Balaban J connectivity index is 2.36. The smallest absolute Gasteiger partial charge is 0.222 e. The van der Waals surface area contributed by atoms with Gasteiger partial charge in [0, 0.05) is 24.0 Å². The number of hydrogen-bond acceptors (Lipinski definition) is 2. The van der Waals surface area contributed by atoms with Gasteiger partial charge in [-0.3, -0.25) is 4.79 Å². The van der Waals surface area contributed by atoms with Crippen LogP contribution in [0.1, 0.15) is 24.4 Å². The first kappa shape index (κ1) is 12.9. The quantitative estimate of drug-likeness (QED) is 0.865. The highest BCUT2D eigenvalue weighted by molar-refractivity contribution is 9.10. The second-order valence-corrected chi connectivity index (χ2v) is 5.59. The molecule has 3 nitrogen and oxygen atoms in total. The molecular formula is C12H14BrClN2O. The van der Waals surface area contributed by atoms with Gasteiger partial charge in [0.2, 0.25) is 5.91 Å². The lowest BCUT2D eigenvalue weighted by atomic mass is 9.91. The fourth-order valence-electron chi connectivity index (χ4n) is 2.23. The van der Waals surface area contributed by atoms with Gasteiger partial charge in [0.25, 0.3) is 0 Å². The van der Waals surface area contributed by atoms with Crippen molar-refractivity contribution in [2.45, 2.75) is 24.9 Å². The number of carbonyl (C=O) groups is 1. The van der Waals surface area contributed by atoms with Crippen LogP contribution in [0.3, 0.4) is 0 Å². The number of benzene rings is 1. The Labute approximate surface area is 114 Å². The van der Waals surface area contributed by atoms with Gasteiger partial charge in [-0.05, 0) is 40.0 Å². The van der Waals surface area contributed by atoms with Crippen molar-refractivity contribution in [3.63, 3.8) is 0 Å². The molecule has 0 aliphatic carbocycles. The highest BCUT2D eigenvalue weighted by Crippen LogP contribution is 2.33. The molecule has 0 bridgehead atoms. The van der Waals surface area contributed by atoms with Gasteiger partial charge in [-0.15, -0.1) is 0 Å². The Bertz CT molecular complexity index is 452. The van der Waals surface area contributed by atoms with Gasteiger partial charge in [-0.2, -0.15) is 0 Å². The van der Waals surface area contributed by atoms with E-state index in [9.17, 15) is 4.79 Å². The van der Waals surface area contributed by atoms with Crippen LogP contribution >= 0.6 is 27.5 Å². The second-order valence-electron chi connectivity index (χ2n) is 4.33. The zero-order valence-electron chi connectivity index (χ0n) is 9.49. The number of likely N-dealkylation sites (N-methyl/N-ethyl adjacent to an activating group) is 1. The molecule has 2 unspecified atom stereocenters. The molecule has 1 saturated heterocycles. The molecular weight excluding hydrogens is 304 g/mol. The van der Waals surface area contributed by atoms with E-state index in [1.54, 1.807) is 11.9 Å². The zero-order valence-corrected chi connectivity index (χ0v) is 11.8. The molecule has 1 aliphatic rings. The van der Waals surface area contributed by atoms with E-state index in [1.807, 2.05) is 18.2 Å². The highest BCUT2D eigenvalue weighted by Gasteiger charge is 2.32. The van der Waals surface area contributed by atoms with Crippen molar-refractivity contribution in [3.8, 4) is 0 Å². The molecule has 0 aromatic heterocycles. The van der Waals surface area contributed by atoms with Crippen LogP contribution in [0.15, 0.2) is 22.7 Å². The summed E-state index contributed by atoms with van der Waals surface area (Å²) in [5.74, 6) is 0.135. The van der Waals surface area contributed by atoms with Crippen molar-refractivity contribution < 1.29 is 4.79 Å². The van der Waals surface area contributed by atoms with Crippen molar-refractivity contribution in [1.82, 2.24) is 4.90 Å². The standard InChI is InChI=1S/C12H14BrClN2O/c1-16-11(17)5-4-10(15)12(16)7-2-3-8(13)9(14)6-7/h2-3,6,10,12H,4-5,15H2,1H3. The molecule has 2 atom stereocenters. The van der Waals surface area contributed by atoms with Crippen LogP contribution in [0.5, 0.6) is 0 Å². The number of nitrogens with two attached hydrogens (primary N) is 1. The Hall–Kier alpha value is -0.580. The van der Waals surface area contributed by atoms with Crippen molar-refractivity contribution in [1.29, 1.82) is 0 Å². The fraction of sp³-hybridized carbons (Fsp3) is 0.417. The highest BCUT2D eigenvalue weighted by atomic mass is 79.9. The van der Waals surface area contributed by atoms with E-state index in [4.69, 9.17) is 17.3 Å². The van der Waals surface area contributed by atoms with Gasteiger partial charge < -0.3 is 10.6 Å². The summed E-state index contributed by atoms with van der Waals surface area (Å²) in [6.07, 6.45) is 1.25. The van der Waals surface area contributed by atoms with Crippen LogP contribution in [-0.4, -0.2) is 23.9 Å². The largest absolute Gasteiger partial charge is 0.337 e. The topological polar surface area (TPSA) is 46.3 Å². The van der Waals surface area contributed by atoms with E-state index >= 15 is 0 Å². The van der Waals surface area contributed by atoms with E-state index in [1.165, 1.54) is 0 Å². The number of rotatable bonds is 1. The number of nitrogens with zero attached hydrogens (tertiary/aromatic N) is 1. The summed E-state index contributed by atoms with van der Waals surface area (Å²) in [5, 5.41) is 0.640. The van der Waals surface area contributed by atoms with Gasteiger partial charge in [0.1, 0.15) is 0 Å². The molecule has 0 radical (unpaired) electrons. The van der Waals surface area contributed by atoms with E-state index in [0.717, 1.165) is 16.5 Å². The third-order valence-corrected chi connectivity index (χ3v) is 4.43. The first-order chi connectivity index (χ1) is 8.00. The number of piperidine rings is 1. The maximum atomic E-state index is 11.7. The normalized spacial score (nSPS) is 25.2. The minimum absolute atomic E-state index is 0.0325. The Morgan fingerprint density at radius 3 is 2.88 bits per heavy atom. The second kappa shape index (κ2) is 4.96. The third kappa shape index (κ3) is 2.49. The number of amides is 1. The first-order valence-electron chi connectivity index (χ1n) is 5.47. The van der Waals surface area contributed by atoms with Gasteiger partial charge >= 0.3 is 0 Å². The molecule has 5 heteroatoms. The Kier molecular flexibility index (Phi) is 3.76. The summed E-state index contributed by atoms with van der Waals surface area (Å²) in [6.45, 7) is 0. The number of halogens is 2. The average molecular weight is 318 g/mol. The number of likely N-dealkylation sites (tertiary alicyclic amines) is 1. The van der Waals surface area contributed by atoms with E-state index < -0.39 is 0 Å². The molecule has 0 spiro atoms. The average Bonchev–Trinajstić information content (AvgIpc) is 2.29. The zero-order chi connectivity index (χ0) is 12.6. The lowest BCUT2D eigenvalue weighted by Crippen LogP contribution is -2.46. The maximum Gasteiger partial charge on any atom is 0.222 e. The summed E-state index contributed by atoms with van der Waals surface area (Å²) in [6, 6.07) is 5.59. The molecule has 1 aromatic carbocycles. The summed E-state index contributed by atoms with van der Waals surface area (Å²) in [4.78, 5) is 13.4. The Morgan fingerprint density at radius 1 is 1.53 bits per heavy atom. The van der Waals surface area contributed by atoms with Gasteiger partial charge in [-0.25, -0.2) is 0 Å². The molecule has 1 aromatic rings. The summed E-state index contributed by atoms with van der Waals surface area (Å²) in [7, 11) is 1.79. The minimum Gasteiger partial charge on any atom is -0.337 e. The maximum absolute atomic E-state index is 11.7. The van der Waals surface area contributed by atoms with Gasteiger partial charge in [0.15, 0.2) is 0 Å². The fourth-order valence-corrected chi connectivity index (χ4v) is 2.67. The van der Waals surface area contributed by atoms with Crippen LogP contribution < -0.4 is 5.73 Å². The molecule has 0 saturated carbocycles. The molecule has 1 fully saturated rings. The van der Waals surface area contributed by atoms with Crippen LogP contribution in [0.25, 0.3) is 0 Å². The SMILES string of the molecule is CN1C(=O)CCC(N)C1c1ccc(Br)c(Cl)c1. The third-order valence-electron chi connectivity index (χ3n) is 3.19. The number of carbonyl (C=O) groups excluding carboxylic acids is 1. The van der Waals surface area contributed by atoms with E-state index in [-0.39, 0.29) is 18.0 Å². The van der Waals surface area contributed by atoms with Gasteiger partial charge in [-0.1, -0.05) is 17.7 Å². The minimum atomic E-state index is -0.0816. The molecule has 1 aliphatic heterocycles. The van der Waals surface area contributed by atoms with Crippen molar-refractivity contribution in [3.05, 3.63) is 33.3 Å². The summed E-state index contributed by atoms with van der Waals surface area (Å²) < 4.78 is 0.848. The molecule has 2 N–H and O–H groups in total. The summed E-state index contributed by atoms with van der Waals surface area (Å²) in [5.41, 5.74) is 7.09. The Morgan fingerprint density at radius 2 is 2.24 bits per heavy atom. The van der Waals surface area contributed by atoms with Crippen molar-refractivity contribution in [2.75, 3.05) is 7.05 Å². The predicted octanol–water partition coefficient (Wildman–Crippen LogP) is 2.72. The van der Waals surface area contributed by atoms with Crippen LogP contribution in [-0.2, 0) is 4.79 Å². The molecule has 1 heterocycles. The van der Waals surface area contributed by atoms with Crippen molar-refractivity contribution in [2.24, 2.45) is 5.73 Å². The van der Waals surface area contributed by atoms with Crippen LogP contribution in [0.4, 0.5) is 0 Å². The predicted molar refractivity (Wildman–Crippen MR) is 71.9 cm³/mol. The molecule has 1 amide bonds. The lowest BCUT2D eigenvalue weighted by molar-refractivity contribution is -0.135. The first-order valence-corrected chi connectivity index (χ1v) is 6.64. The van der Waals surface area contributed by atoms with Crippen LogP contribution in [0.2, 0.25) is 5.02 Å². The molecule has 92 valence electrons. The van der Waals surface area contributed by atoms with Crippen LogP contribution in [0, 0.1) is 0 Å². The molecule has 17 heavy (non-hydrogen) atoms. The lowest BCUT2D eigenvalue weighted by Gasteiger charge is -2.37. The number of hydrogen-bond donors (Lipinski definition) is 1. The summed E-state index contributed by atoms with van der Waals surface area (Å²) >= 11 is 9.43. The monoisotopic (exact) mass is 316 g/mol. The van der Waals surface area contributed by atoms with Gasteiger partial charge in [0.05, 0.1) is 11.1 Å². The van der Waals surface area contributed by atoms with E-state index in [2.05, 4.69) is 15.9 Å². The van der Waals surface area contributed by atoms with Crippen molar-refractivity contribution >= 4 is 33.4 Å².